The zero-order valence-corrected chi connectivity index (χ0v) is 11.8. The molecule has 0 aromatic heterocycles. The summed E-state index contributed by atoms with van der Waals surface area (Å²) in [7, 11) is 0. The molecule has 1 amide bonds. The van der Waals surface area contributed by atoms with Gasteiger partial charge in [0.1, 0.15) is 0 Å². The van der Waals surface area contributed by atoms with E-state index in [1.54, 1.807) is 0 Å². The Balaban J connectivity index is 1.79. The van der Waals surface area contributed by atoms with Crippen LogP contribution in [0, 0.1) is 0 Å². The molecule has 2 aliphatic rings. The van der Waals surface area contributed by atoms with E-state index < -0.39 is 6.09 Å². The summed E-state index contributed by atoms with van der Waals surface area (Å²) in [4.78, 5) is 14.8. The molecule has 0 saturated carbocycles. The number of amides is 1. The first-order valence-electron chi connectivity index (χ1n) is 7.26. The molecule has 1 fully saturated rings. The first kappa shape index (κ1) is 13.1. The van der Waals surface area contributed by atoms with Gasteiger partial charge in [0.2, 0.25) is 0 Å². The lowest BCUT2D eigenvalue weighted by Crippen LogP contribution is -2.48. The van der Waals surface area contributed by atoms with E-state index in [1.807, 2.05) is 0 Å². The fourth-order valence-electron chi connectivity index (χ4n) is 3.11. The van der Waals surface area contributed by atoms with Crippen molar-refractivity contribution < 1.29 is 9.90 Å². The van der Waals surface area contributed by atoms with Gasteiger partial charge >= 0.3 is 6.09 Å². The normalized spacial score (nSPS) is 22.1. The Kier molecular flexibility index (Phi) is 3.42. The second-order valence-electron chi connectivity index (χ2n) is 5.64. The number of nitrogens with one attached hydrogen (secondary N) is 1. The van der Waals surface area contributed by atoms with Crippen molar-refractivity contribution in [1.82, 2.24) is 4.90 Å². The number of anilines is 2. The van der Waals surface area contributed by atoms with Crippen LogP contribution in [0.2, 0.25) is 0 Å². The largest absolute Gasteiger partial charge is 0.465 e. The minimum Gasteiger partial charge on any atom is -0.465 e. The van der Waals surface area contributed by atoms with Gasteiger partial charge in [0.05, 0.1) is 0 Å². The fraction of sp³-hybridized carbons (Fsp3) is 0.533. The van der Waals surface area contributed by atoms with Crippen LogP contribution < -0.4 is 10.2 Å². The van der Waals surface area contributed by atoms with Crippen molar-refractivity contribution in [2.45, 2.75) is 25.8 Å². The van der Waals surface area contributed by atoms with Gasteiger partial charge in [-0.1, -0.05) is 6.07 Å². The van der Waals surface area contributed by atoms with Crippen LogP contribution in [0.1, 0.15) is 18.9 Å². The van der Waals surface area contributed by atoms with Crippen molar-refractivity contribution >= 4 is 17.5 Å². The number of carbonyl (C=O) groups is 1. The SMILES string of the molecule is CC1CCc2c(cccc2N2CCN(C(=O)O)CC2)N1. The summed E-state index contributed by atoms with van der Waals surface area (Å²) in [6.45, 7) is 4.93. The van der Waals surface area contributed by atoms with Crippen LogP contribution in [-0.4, -0.2) is 48.3 Å². The Morgan fingerprint density at radius 1 is 1.30 bits per heavy atom. The molecule has 3 rings (SSSR count). The van der Waals surface area contributed by atoms with Crippen molar-refractivity contribution in [3.8, 4) is 0 Å². The van der Waals surface area contributed by atoms with Crippen molar-refractivity contribution in [2.24, 2.45) is 0 Å². The highest BCUT2D eigenvalue weighted by atomic mass is 16.4. The lowest BCUT2D eigenvalue weighted by Gasteiger charge is -2.37. The topological polar surface area (TPSA) is 55.8 Å². The number of piperazine rings is 1. The van der Waals surface area contributed by atoms with Gasteiger partial charge in [0, 0.05) is 43.6 Å². The van der Waals surface area contributed by atoms with Crippen LogP contribution in [0.3, 0.4) is 0 Å². The van der Waals surface area contributed by atoms with Gasteiger partial charge in [-0.15, -0.1) is 0 Å². The Labute approximate surface area is 119 Å². The van der Waals surface area contributed by atoms with E-state index in [2.05, 4.69) is 35.3 Å². The van der Waals surface area contributed by atoms with Crippen LogP contribution in [0.25, 0.3) is 0 Å². The summed E-state index contributed by atoms with van der Waals surface area (Å²) in [5.74, 6) is 0. The summed E-state index contributed by atoms with van der Waals surface area (Å²) in [6, 6.07) is 6.92. The number of nitrogens with zero attached hydrogens (tertiary/aromatic N) is 2. The lowest BCUT2D eigenvalue weighted by molar-refractivity contribution is 0.142. The zero-order valence-electron chi connectivity index (χ0n) is 11.8. The van der Waals surface area contributed by atoms with Crippen LogP contribution in [-0.2, 0) is 6.42 Å². The Morgan fingerprint density at radius 2 is 2.05 bits per heavy atom. The van der Waals surface area contributed by atoms with Crippen molar-refractivity contribution in [1.29, 1.82) is 0 Å². The van der Waals surface area contributed by atoms with E-state index in [0.29, 0.717) is 19.1 Å². The molecule has 1 unspecified atom stereocenters. The van der Waals surface area contributed by atoms with Crippen molar-refractivity contribution in [3.05, 3.63) is 23.8 Å². The van der Waals surface area contributed by atoms with Crippen LogP contribution in [0.5, 0.6) is 0 Å². The molecular formula is C15H21N3O2. The fourth-order valence-corrected chi connectivity index (χ4v) is 3.11. The molecule has 2 N–H and O–H groups in total. The van der Waals surface area contributed by atoms with Gasteiger partial charge in [-0.25, -0.2) is 4.79 Å². The number of rotatable bonds is 1. The summed E-state index contributed by atoms with van der Waals surface area (Å²) < 4.78 is 0. The second kappa shape index (κ2) is 5.23. The monoisotopic (exact) mass is 275 g/mol. The Bertz CT molecular complexity index is 510. The molecule has 0 aliphatic carbocycles. The van der Waals surface area contributed by atoms with E-state index in [9.17, 15) is 4.79 Å². The predicted octanol–water partition coefficient (Wildman–Crippen LogP) is 2.23. The third-order valence-corrected chi connectivity index (χ3v) is 4.27. The summed E-state index contributed by atoms with van der Waals surface area (Å²) >= 11 is 0. The van der Waals surface area contributed by atoms with Crippen LogP contribution >= 0.6 is 0 Å². The van der Waals surface area contributed by atoms with E-state index in [4.69, 9.17) is 5.11 Å². The van der Waals surface area contributed by atoms with Gasteiger partial charge in [-0.2, -0.15) is 0 Å². The van der Waals surface area contributed by atoms with E-state index in [0.717, 1.165) is 25.9 Å². The van der Waals surface area contributed by atoms with Gasteiger partial charge in [-0.3, -0.25) is 0 Å². The molecule has 0 bridgehead atoms. The molecule has 1 atom stereocenters. The average Bonchev–Trinajstić information content (AvgIpc) is 2.46. The highest BCUT2D eigenvalue weighted by Gasteiger charge is 2.24. The van der Waals surface area contributed by atoms with Crippen LogP contribution in [0.15, 0.2) is 18.2 Å². The van der Waals surface area contributed by atoms with Gasteiger partial charge in [0.15, 0.2) is 0 Å². The first-order valence-corrected chi connectivity index (χ1v) is 7.26. The number of benzene rings is 1. The summed E-state index contributed by atoms with van der Waals surface area (Å²) in [6.07, 6.45) is 1.44. The predicted molar refractivity (Wildman–Crippen MR) is 79.7 cm³/mol. The third-order valence-electron chi connectivity index (χ3n) is 4.27. The minimum absolute atomic E-state index is 0.529. The smallest absolute Gasteiger partial charge is 0.407 e. The standard InChI is InChI=1S/C15H21N3O2/c1-11-5-6-12-13(16-11)3-2-4-14(12)17-7-9-18(10-8-17)15(19)20/h2-4,11,16H,5-10H2,1H3,(H,19,20). The Hall–Kier alpha value is -1.91. The molecule has 0 spiro atoms. The lowest BCUT2D eigenvalue weighted by atomic mass is 9.96. The Morgan fingerprint density at radius 3 is 2.75 bits per heavy atom. The zero-order chi connectivity index (χ0) is 14.1. The molecule has 20 heavy (non-hydrogen) atoms. The quantitative estimate of drug-likeness (QED) is 0.825. The molecule has 1 aromatic rings. The van der Waals surface area contributed by atoms with E-state index >= 15 is 0 Å². The summed E-state index contributed by atoms with van der Waals surface area (Å²) in [5.41, 5.74) is 3.89. The molecule has 5 nitrogen and oxygen atoms in total. The van der Waals surface area contributed by atoms with Crippen molar-refractivity contribution in [3.63, 3.8) is 0 Å². The molecule has 2 heterocycles. The number of carboxylic acid groups (broad SMARTS) is 1. The second-order valence-corrected chi connectivity index (χ2v) is 5.64. The minimum atomic E-state index is -0.810. The molecule has 5 heteroatoms. The molecule has 2 aliphatic heterocycles. The van der Waals surface area contributed by atoms with Crippen molar-refractivity contribution in [2.75, 3.05) is 36.4 Å². The molecule has 0 radical (unpaired) electrons. The highest BCUT2D eigenvalue weighted by Crippen LogP contribution is 2.33. The number of fused-ring (bicyclic) bond motifs is 1. The maximum atomic E-state index is 11.0. The average molecular weight is 275 g/mol. The maximum absolute atomic E-state index is 11.0. The first-order chi connectivity index (χ1) is 9.65. The maximum Gasteiger partial charge on any atom is 0.407 e. The molecule has 1 aromatic carbocycles. The van der Waals surface area contributed by atoms with E-state index in [1.165, 1.54) is 21.8 Å². The molecule has 108 valence electrons. The highest BCUT2D eigenvalue weighted by molar-refractivity contribution is 5.69. The van der Waals surface area contributed by atoms with Crippen LogP contribution in [0.4, 0.5) is 16.2 Å². The molecule has 1 saturated heterocycles. The third kappa shape index (κ3) is 2.40. The van der Waals surface area contributed by atoms with Gasteiger partial charge < -0.3 is 20.2 Å². The number of hydrogen-bond acceptors (Lipinski definition) is 3. The van der Waals surface area contributed by atoms with Gasteiger partial charge in [-0.05, 0) is 37.5 Å². The molecular weight excluding hydrogens is 254 g/mol. The van der Waals surface area contributed by atoms with Gasteiger partial charge in [0.25, 0.3) is 0 Å². The number of hydrogen-bond donors (Lipinski definition) is 2. The van der Waals surface area contributed by atoms with E-state index in [-0.39, 0.29) is 0 Å². The summed E-state index contributed by atoms with van der Waals surface area (Å²) in [5, 5.41) is 12.5.